The molecule has 20 heavy (non-hydrogen) atoms. The molecule has 0 spiro atoms. The van der Waals surface area contributed by atoms with E-state index < -0.39 is 9.84 Å². The molecule has 0 aromatic heterocycles. The third kappa shape index (κ3) is 3.95. The summed E-state index contributed by atoms with van der Waals surface area (Å²) in [4.78, 5) is 2.41. The maximum Gasteiger partial charge on any atom is 0.179 e. The number of halogens is 1. The topological polar surface area (TPSA) is 57.6 Å². The van der Waals surface area contributed by atoms with E-state index in [0.717, 1.165) is 13.1 Å². The van der Waals surface area contributed by atoms with E-state index in [2.05, 4.69) is 4.90 Å². The van der Waals surface area contributed by atoms with Crippen molar-refractivity contribution >= 4 is 21.4 Å². The van der Waals surface area contributed by atoms with Crippen LogP contribution in [-0.4, -0.2) is 49.9 Å². The van der Waals surface area contributed by atoms with Gasteiger partial charge >= 0.3 is 0 Å². The molecule has 0 radical (unpaired) electrons. The predicted molar refractivity (Wildman–Crippen MR) is 79.7 cm³/mol. The molecule has 4 nitrogen and oxygen atoms in total. The van der Waals surface area contributed by atoms with E-state index in [0.29, 0.717) is 22.9 Å². The van der Waals surface area contributed by atoms with Gasteiger partial charge in [0.05, 0.1) is 16.8 Å². The number of rotatable bonds is 4. The lowest BCUT2D eigenvalue weighted by atomic mass is 9.97. The Kier molecular flexibility index (Phi) is 5.07. The van der Waals surface area contributed by atoms with Crippen molar-refractivity contribution in [3.8, 4) is 0 Å². The fourth-order valence-electron chi connectivity index (χ4n) is 2.43. The molecule has 1 N–H and O–H groups in total. The van der Waals surface area contributed by atoms with Crippen molar-refractivity contribution in [2.75, 3.05) is 25.4 Å². The number of piperidine rings is 1. The fourth-order valence-corrected chi connectivity index (χ4v) is 3.84. The third-order valence-electron chi connectivity index (χ3n) is 3.79. The minimum atomic E-state index is -3.27. The number of aliphatic hydroxyl groups excluding tert-OH is 1. The van der Waals surface area contributed by atoms with Crippen LogP contribution in [0.15, 0.2) is 29.2 Å². The van der Waals surface area contributed by atoms with Crippen LogP contribution in [0.3, 0.4) is 0 Å². The van der Waals surface area contributed by atoms with Crippen LogP contribution in [0.5, 0.6) is 0 Å². The number of aliphatic hydroxyl groups is 1. The standard InChI is InChI=1S/C14H20ClNO3S/c1-11-10-16(7-6-14(11)17)8-9-20(18,19)13-4-2-12(15)3-5-13/h2-5,11,14,17H,6-10H2,1H3. The Labute approximate surface area is 125 Å². The van der Waals surface area contributed by atoms with Gasteiger partial charge < -0.3 is 10.0 Å². The second-order valence-corrected chi connectivity index (χ2v) is 7.95. The van der Waals surface area contributed by atoms with Crippen LogP contribution >= 0.6 is 11.6 Å². The Morgan fingerprint density at radius 3 is 2.60 bits per heavy atom. The lowest BCUT2D eigenvalue weighted by Gasteiger charge is -2.34. The van der Waals surface area contributed by atoms with E-state index in [-0.39, 0.29) is 17.8 Å². The van der Waals surface area contributed by atoms with E-state index in [1.54, 1.807) is 24.3 Å². The van der Waals surface area contributed by atoms with Crippen LogP contribution in [-0.2, 0) is 9.84 Å². The summed E-state index contributed by atoms with van der Waals surface area (Å²) >= 11 is 5.76. The molecule has 1 aromatic rings. The van der Waals surface area contributed by atoms with Crippen molar-refractivity contribution in [1.82, 2.24) is 4.90 Å². The fraction of sp³-hybridized carbons (Fsp3) is 0.571. The van der Waals surface area contributed by atoms with E-state index >= 15 is 0 Å². The van der Waals surface area contributed by atoms with Gasteiger partial charge in [0.25, 0.3) is 0 Å². The Morgan fingerprint density at radius 2 is 2.00 bits per heavy atom. The zero-order valence-corrected chi connectivity index (χ0v) is 13.1. The van der Waals surface area contributed by atoms with Crippen LogP contribution in [0.1, 0.15) is 13.3 Å². The van der Waals surface area contributed by atoms with E-state index in [9.17, 15) is 13.5 Å². The van der Waals surface area contributed by atoms with E-state index in [1.807, 2.05) is 6.92 Å². The highest BCUT2D eigenvalue weighted by atomic mass is 35.5. The monoisotopic (exact) mass is 317 g/mol. The van der Waals surface area contributed by atoms with Crippen LogP contribution in [0, 0.1) is 5.92 Å². The van der Waals surface area contributed by atoms with Gasteiger partial charge in [-0.3, -0.25) is 0 Å². The molecule has 1 saturated heterocycles. The minimum Gasteiger partial charge on any atom is -0.393 e. The summed E-state index contributed by atoms with van der Waals surface area (Å²) in [6, 6.07) is 6.27. The van der Waals surface area contributed by atoms with Crippen LogP contribution in [0.25, 0.3) is 0 Å². The van der Waals surface area contributed by atoms with E-state index in [1.165, 1.54) is 0 Å². The Morgan fingerprint density at radius 1 is 1.35 bits per heavy atom. The molecule has 0 saturated carbocycles. The van der Waals surface area contributed by atoms with Crippen molar-refractivity contribution in [1.29, 1.82) is 0 Å². The molecule has 2 rings (SSSR count). The second-order valence-electron chi connectivity index (χ2n) is 5.41. The number of hydrogen-bond acceptors (Lipinski definition) is 4. The maximum absolute atomic E-state index is 12.2. The highest BCUT2D eigenvalue weighted by molar-refractivity contribution is 7.91. The van der Waals surface area contributed by atoms with Crippen molar-refractivity contribution in [2.24, 2.45) is 5.92 Å². The van der Waals surface area contributed by atoms with Gasteiger partial charge in [0.2, 0.25) is 0 Å². The molecule has 1 aliphatic heterocycles. The van der Waals surface area contributed by atoms with Crippen molar-refractivity contribution < 1.29 is 13.5 Å². The van der Waals surface area contributed by atoms with Crippen molar-refractivity contribution in [3.05, 3.63) is 29.3 Å². The lowest BCUT2D eigenvalue weighted by molar-refractivity contribution is 0.0375. The van der Waals surface area contributed by atoms with Crippen molar-refractivity contribution in [2.45, 2.75) is 24.3 Å². The van der Waals surface area contributed by atoms with E-state index in [4.69, 9.17) is 11.6 Å². The zero-order valence-electron chi connectivity index (χ0n) is 11.5. The van der Waals surface area contributed by atoms with Gasteiger partial charge in [0.15, 0.2) is 9.84 Å². The van der Waals surface area contributed by atoms with Gasteiger partial charge in [0, 0.05) is 24.7 Å². The molecule has 0 aliphatic carbocycles. The molecule has 1 aliphatic rings. The van der Waals surface area contributed by atoms with Gasteiger partial charge in [0.1, 0.15) is 0 Å². The Hall–Kier alpha value is -0.620. The number of sulfone groups is 1. The highest BCUT2D eigenvalue weighted by Gasteiger charge is 2.25. The Bertz CT molecular complexity index is 544. The van der Waals surface area contributed by atoms with Gasteiger partial charge in [-0.05, 0) is 36.6 Å². The van der Waals surface area contributed by atoms with Gasteiger partial charge in [-0.25, -0.2) is 8.42 Å². The first-order chi connectivity index (χ1) is 9.38. The van der Waals surface area contributed by atoms with Gasteiger partial charge in [-0.2, -0.15) is 0 Å². The van der Waals surface area contributed by atoms with Gasteiger partial charge in [-0.1, -0.05) is 18.5 Å². The maximum atomic E-state index is 12.2. The molecule has 1 heterocycles. The average molecular weight is 318 g/mol. The molecule has 1 aromatic carbocycles. The Balaban J connectivity index is 1.94. The molecular weight excluding hydrogens is 298 g/mol. The summed E-state index contributed by atoms with van der Waals surface area (Å²) in [5, 5.41) is 10.2. The molecule has 1 fully saturated rings. The molecule has 112 valence electrons. The first-order valence-corrected chi connectivity index (χ1v) is 8.80. The molecular formula is C14H20ClNO3S. The van der Waals surface area contributed by atoms with Crippen LogP contribution < -0.4 is 0 Å². The lowest BCUT2D eigenvalue weighted by Crippen LogP contribution is -2.43. The number of benzene rings is 1. The summed E-state index contributed by atoms with van der Waals surface area (Å²) in [6.45, 7) is 3.99. The molecule has 2 unspecified atom stereocenters. The largest absolute Gasteiger partial charge is 0.393 e. The number of hydrogen-bond donors (Lipinski definition) is 1. The normalized spacial score (nSPS) is 24.8. The van der Waals surface area contributed by atoms with Crippen LogP contribution in [0.2, 0.25) is 5.02 Å². The summed E-state index contributed by atoms with van der Waals surface area (Å²) in [7, 11) is -3.27. The van der Waals surface area contributed by atoms with Crippen molar-refractivity contribution in [3.63, 3.8) is 0 Å². The SMILES string of the molecule is CC1CN(CCS(=O)(=O)c2ccc(Cl)cc2)CCC1O. The molecule has 2 atom stereocenters. The number of nitrogens with zero attached hydrogens (tertiary/aromatic N) is 1. The summed E-state index contributed by atoms with van der Waals surface area (Å²) in [6.07, 6.45) is 0.446. The third-order valence-corrected chi connectivity index (χ3v) is 5.76. The molecule has 0 bridgehead atoms. The quantitative estimate of drug-likeness (QED) is 0.920. The zero-order chi connectivity index (χ0) is 14.8. The first kappa shape index (κ1) is 15.8. The summed E-state index contributed by atoms with van der Waals surface area (Å²) < 4.78 is 24.4. The predicted octanol–water partition coefficient (Wildman–Crippen LogP) is 1.82. The second kappa shape index (κ2) is 6.43. The summed E-state index contributed by atoms with van der Waals surface area (Å²) in [5.41, 5.74) is 0. The molecule has 6 heteroatoms. The first-order valence-electron chi connectivity index (χ1n) is 6.77. The average Bonchev–Trinajstić information content (AvgIpc) is 2.41. The summed E-state index contributed by atoms with van der Waals surface area (Å²) in [5.74, 6) is 0.291. The van der Waals surface area contributed by atoms with Crippen LogP contribution in [0.4, 0.5) is 0 Å². The van der Waals surface area contributed by atoms with Gasteiger partial charge in [-0.15, -0.1) is 0 Å². The molecule has 0 amide bonds. The number of likely N-dealkylation sites (tertiary alicyclic amines) is 1. The highest BCUT2D eigenvalue weighted by Crippen LogP contribution is 2.18. The smallest absolute Gasteiger partial charge is 0.179 e. The minimum absolute atomic E-state index is 0.0947.